The molecule has 94 valence electrons. The molecule has 0 unspecified atom stereocenters. The number of hydrogen-bond donors (Lipinski definition) is 2. The number of aliphatic hydroxyl groups excluding tert-OH is 1. The quantitative estimate of drug-likeness (QED) is 0.788. The zero-order chi connectivity index (χ0) is 12.9. The lowest BCUT2D eigenvalue weighted by molar-refractivity contribution is 0.188. The monoisotopic (exact) mass is 235 g/mol. The summed E-state index contributed by atoms with van der Waals surface area (Å²) in [5.74, 6) is 0. The minimum atomic E-state index is -0.699. The van der Waals surface area contributed by atoms with Crippen LogP contribution in [0.4, 0.5) is 0 Å². The van der Waals surface area contributed by atoms with Gasteiger partial charge < -0.3 is 15.2 Å². The Morgan fingerprint density at radius 2 is 1.88 bits per heavy atom. The molecule has 1 rings (SSSR count). The molecule has 0 aliphatic carbocycles. The van der Waals surface area contributed by atoms with Gasteiger partial charge in [-0.2, -0.15) is 0 Å². The van der Waals surface area contributed by atoms with Crippen LogP contribution < -0.4 is 5.32 Å². The van der Waals surface area contributed by atoms with Gasteiger partial charge in [0.2, 0.25) is 0 Å². The van der Waals surface area contributed by atoms with E-state index in [-0.39, 0.29) is 5.54 Å². The molecule has 3 nitrogen and oxygen atoms in total. The second-order valence-corrected chi connectivity index (χ2v) is 5.00. The molecule has 0 bridgehead atoms. The van der Waals surface area contributed by atoms with E-state index in [2.05, 4.69) is 5.32 Å². The maximum absolute atomic E-state index is 10.3. The fourth-order valence-corrected chi connectivity index (χ4v) is 1.54. The molecule has 0 aliphatic rings. The number of methoxy groups -OCH3 is 1. The number of hydrogen-bond acceptors (Lipinski definition) is 3. The van der Waals surface area contributed by atoms with Crippen LogP contribution in [0.3, 0.4) is 0 Å². The highest BCUT2D eigenvalue weighted by Crippen LogP contribution is 2.21. The lowest BCUT2D eigenvalue weighted by Gasteiger charge is -2.27. The van der Waals surface area contributed by atoms with E-state index >= 15 is 0 Å². The third kappa shape index (κ3) is 4.49. The summed E-state index contributed by atoms with van der Waals surface area (Å²) >= 11 is 0. The second kappa shape index (κ2) is 5.73. The van der Waals surface area contributed by atoms with E-state index in [1.807, 2.05) is 51.1 Å². The van der Waals surface area contributed by atoms with Crippen molar-refractivity contribution in [2.24, 2.45) is 0 Å². The third-order valence-electron chi connectivity index (χ3n) is 2.17. The van der Waals surface area contributed by atoms with Gasteiger partial charge in [-0.1, -0.05) is 30.3 Å². The number of ether oxygens (including phenoxy) is 1. The predicted octanol–water partition coefficient (Wildman–Crippen LogP) is 2.60. The summed E-state index contributed by atoms with van der Waals surface area (Å²) in [6.07, 6.45) is 0.846. The van der Waals surface area contributed by atoms with Crippen LogP contribution in [0.1, 0.15) is 32.4 Å². The Hall–Kier alpha value is -1.48. The maximum Gasteiger partial charge on any atom is 0.122 e. The summed E-state index contributed by atoms with van der Waals surface area (Å²) in [5, 5.41) is 13.5. The molecule has 0 saturated heterocycles. The first-order valence-electron chi connectivity index (χ1n) is 5.68. The lowest BCUT2D eigenvalue weighted by Crippen LogP contribution is -2.37. The Morgan fingerprint density at radius 3 is 2.35 bits per heavy atom. The van der Waals surface area contributed by atoms with E-state index in [1.54, 1.807) is 13.4 Å². The molecule has 1 aromatic rings. The molecule has 0 heterocycles. The molecular weight excluding hydrogens is 214 g/mol. The van der Waals surface area contributed by atoms with Gasteiger partial charge in [0.05, 0.1) is 12.8 Å². The molecular formula is C14H21NO2. The van der Waals surface area contributed by atoms with Crippen LogP contribution in [-0.4, -0.2) is 17.8 Å². The van der Waals surface area contributed by atoms with E-state index in [1.165, 1.54) is 0 Å². The molecule has 3 heteroatoms. The Morgan fingerprint density at radius 1 is 1.29 bits per heavy atom. The molecule has 0 amide bonds. The summed E-state index contributed by atoms with van der Waals surface area (Å²) in [7, 11) is 1.57. The van der Waals surface area contributed by atoms with Crippen LogP contribution in [0, 0.1) is 0 Å². The molecule has 0 fully saturated rings. The van der Waals surface area contributed by atoms with Crippen LogP contribution in [0.15, 0.2) is 42.3 Å². The van der Waals surface area contributed by atoms with Crippen molar-refractivity contribution in [3.8, 4) is 0 Å². The molecule has 1 atom stereocenters. The van der Waals surface area contributed by atoms with Crippen molar-refractivity contribution in [3.05, 3.63) is 47.9 Å². The minimum Gasteiger partial charge on any atom is -0.502 e. The highest BCUT2D eigenvalue weighted by atomic mass is 16.5. The fraction of sp³-hybridized carbons (Fsp3) is 0.429. The SMILES string of the molecule is CO/C=C(/NC(C)(C)C)[C@H](O)c1ccccc1. The standard InChI is InChI=1S/C14H21NO2/c1-14(2,3)15-12(10-17-4)13(16)11-8-6-5-7-9-11/h5-10,13,15-16H,1-4H3/b12-10+/t13-/m1/s1. The predicted molar refractivity (Wildman–Crippen MR) is 69.4 cm³/mol. The van der Waals surface area contributed by atoms with E-state index in [4.69, 9.17) is 4.74 Å². The molecule has 2 N–H and O–H groups in total. The van der Waals surface area contributed by atoms with Gasteiger partial charge in [0.1, 0.15) is 12.4 Å². The zero-order valence-electron chi connectivity index (χ0n) is 10.9. The van der Waals surface area contributed by atoms with Gasteiger partial charge in [0.15, 0.2) is 0 Å². The van der Waals surface area contributed by atoms with Crippen LogP contribution in [0.25, 0.3) is 0 Å². The summed E-state index contributed by atoms with van der Waals surface area (Å²) in [6.45, 7) is 6.11. The van der Waals surface area contributed by atoms with Gasteiger partial charge in [-0.3, -0.25) is 0 Å². The van der Waals surface area contributed by atoms with Gasteiger partial charge in [-0.05, 0) is 26.3 Å². The van der Waals surface area contributed by atoms with Crippen molar-refractivity contribution < 1.29 is 9.84 Å². The highest BCUT2D eigenvalue weighted by Gasteiger charge is 2.19. The van der Waals surface area contributed by atoms with Crippen LogP contribution in [0.5, 0.6) is 0 Å². The topological polar surface area (TPSA) is 41.5 Å². The zero-order valence-corrected chi connectivity index (χ0v) is 10.9. The number of nitrogens with one attached hydrogen (secondary N) is 1. The molecule has 0 saturated carbocycles. The van der Waals surface area contributed by atoms with Crippen molar-refractivity contribution in [2.45, 2.75) is 32.4 Å². The van der Waals surface area contributed by atoms with E-state index in [0.29, 0.717) is 5.70 Å². The molecule has 0 aliphatic heterocycles. The average molecular weight is 235 g/mol. The highest BCUT2D eigenvalue weighted by molar-refractivity contribution is 5.25. The molecule has 0 spiro atoms. The Kier molecular flexibility index (Phi) is 4.58. The van der Waals surface area contributed by atoms with E-state index in [9.17, 15) is 5.11 Å². The van der Waals surface area contributed by atoms with Gasteiger partial charge >= 0.3 is 0 Å². The van der Waals surface area contributed by atoms with Crippen molar-refractivity contribution >= 4 is 0 Å². The Labute approximate surface area is 103 Å². The third-order valence-corrected chi connectivity index (χ3v) is 2.17. The summed E-state index contributed by atoms with van der Waals surface area (Å²) in [4.78, 5) is 0. The summed E-state index contributed by atoms with van der Waals surface area (Å²) in [6, 6.07) is 9.50. The van der Waals surface area contributed by atoms with Crippen molar-refractivity contribution in [1.82, 2.24) is 5.32 Å². The average Bonchev–Trinajstić information content (AvgIpc) is 2.27. The van der Waals surface area contributed by atoms with Crippen molar-refractivity contribution in [1.29, 1.82) is 0 Å². The number of rotatable bonds is 4. The van der Waals surface area contributed by atoms with Crippen LogP contribution >= 0.6 is 0 Å². The van der Waals surface area contributed by atoms with E-state index < -0.39 is 6.10 Å². The van der Waals surface area contributed by atoms with Crippen molar-refractivity contribution in [2.75, 3.05) is 7.11 Å². The van der Waals surface area contributed by atoms with Gasteiger partial charge in [0, 0.05) is 5.54 Å². The first-order valence-corrected chi connectivity index (χ1v) is 5.68. The lowest BCUT2D eigenvalue weighted by atomic mass is 10.0. The van der Waals surface area contributed by atoms with E-state index in [0.717, 1.165) is 5.56 Å². The number of aliphatic hydroxyl groups is 1. The normalized spacial score (nSPS) is 14.3. The van der Waals surface area contributed by atoms with Gasteiger partial charge in [-0.25, -0.2) is 0 Å². The van der Waals surface area contributed by atoms with Crippen molar-refractivity contribution in [3.63, 3.8) is 0 Å². The minimum absolute atomic E-state index is 0.125. The Balaban J connectivity index is 2.89. The second-order valence-electron chi connectivity index (χ2n) is 5.00. The summed E-state index contributed by atoms with van der Waals surface area (Å²) < 4.78 is 5.01. The first-order chi connectivity index (χ1) is 7.94. The molecule has 0 aromatic heterocycles. The largest absolute Gasteiger partial charge is 0.502 e. The Bertz CT molecular complexity index is 366. The maximum atomic E-state index is 10.3. The van der Waals surface area contributed by atoms with Crippen LogP contribution in [-0.2, 0) is 4.74 Å². The molecule has 1 aromatic carbocycles. The van der Waals surface area contributed by atoms with Gasteiger partial charge in [-0.15, -0.1) is 0 Å². The number of benzene rings is 1. The van der Waals surface area contributed by atoms with Gasteiger partial charge in [0.25, 0.3) is 0 Å². The fourth-order valence-electron chi connectivity index (χ4n) is 1.54. The van der Waals surface area contributed by atoms with Crippen LogP contribution in [0.2, 0.25) is 0 Å². The first kappa shape index (κ1) is 13.6. The summed E-state index contributed by atoms with van der Waals surface area (Å²) in [5.41, 5.74) is 1.37. The smallest absolute Gasteiger partial charge is 0.122 e. The molecule has 17 heavy (non-hydrogen) atoms. The molecule has 0 radical (unpaired) electrons.